The Hall–Kier alpha value is 0.830. The van der Waals surface area contributed by atoms with Crippen molar-refractivity contribution in [2.24, 2.45) is 11.3 Å². The van der Waals surface area contributed by atoms with E-state index in [1.165, 1.54) is 18.6 Å². The molecule has 0 nitrogen and oxygen atoms in total. The third-order valence-electron chi connectivity index (χ3n) is 3.08. The van der Waals surface area contributed by atoms with Gasteiger partial charge in [0, 0.05) is 10.1 Å². The summed E-state index contributed by atoms with van der Waals surface area (Å²) < 4.78 is 0.513. The zero-order valence-electron chi connectivity index (χ0n) is 9.19. The van der Waals surface area contributed by atoms with Gasteiger partial charge in [0.05, 0.1) is 0 Å². The molecule has 0 amide bonds. The summed E-state index contributed by atoms with van der Waals surface area (Å²) in [7, 11) is 0. The highest BCUT2D eigenvalue weighted by Crippen LogP contribution is 2.47. The van der Waals surface area contributed by atoms with Crippen LogP contribution in [0.3, 0.4) is 0 Å². The summed E-state index contributed by atoms with van der Waals surface area (Å²) in [5.74, 6) is 2.26. The molecule has 1 saturated heterocycles. The van der Waals surface area contributed by atoms with Gasteiger partial charge >= 0.3 is 0 Å². The highest BCUT2D eigenvalue weighted by atomic mass is 79.9. The van der Waals surface area contributed by atoms with Crippen molar-refractivity contribution in [2.45, 2.75) is 45.3 Å². The Morgan fingerprint density at radius 1 is 1.46 bits per heavy atom. The van der Waals surface area contributed by atoms with Crippen LogP contribution in [0.2, 0.25) is 0 Å². The van der Waals surface area contributed by atoms with E-state index >= 15 is 0 Å². The Kier molecular flexibility index (Phi) is 3.79. The molecule has 1 aliphatic rings. The molecule has 0 saturated carbocycles. The first-order valence-corrected chi connectivity index (χ1v) is 7.18. The number of halogens is 1. The summed E-state index contributed by atoms with van der Waals surface area (Å²) in [4.78, 5) is 0. The number of thioether (sulfide) groups is 1. The molecule has 0 aromatic heterocycles. The lowest BCUT2D eigenvalue weighted by molar-refractivity contribution is 0.271. The first-order valence-electron chi connectivity index (χ1n) is 5.07. The largest absolute Gasteiger partial charge is 0.155 e. The first-order chi connectivity index (χ1) is 5.87. The van der Waals surface area contributed by atoms with Crippen LogP contribution in [0, 0.1) is 11.3 Å². The summed E-state index contributed by atoms with van der Waals surface area (Å²) in [6, 6.07) is 0. The van der Waals surface area contributed by atoms with Crippen molar-refractivity contribution in [3.8, 4) is 0 Å². The molecule has 0 aromatic carbocycles. The predicted molar refractivity (Wildman–Crippen MR) is 66.8 cm³/mol. The molecular weight excluding hydrogens is 244 g/mol. The Labute approximate surface area is 95.4 Å². The van der Waals surface area contributed by atoms with Crippen LogP contribution in [0.5, 0.6) is 0 Å². The van der Waals surface area contributed by atoms with Crippen LogP contribution in [0.1, 0.15) is 40.5 Å². The van der Waals surface area contributed by atoms with E-state index in [1.54, 1.807) is 0 Å². The quantitative estimate of drug-likeness (QED) is 0.684. The van der Waals surface area contributed by atoms with Crippen molar-refractivity contribution >= 4 is 27.7 Å². The van der Waals surface area contributed by atoms with Crippen LogP contribution in [-0.4, -0.2) is 15.8 Å². The molecule has 78 valence electrons. The van der Waals surface area contributed by atoms with Crippen molar-refractivity contribution in [1.82, 2.24) is 0 Å². The van der Waals surface area contributed by atoms with E-state index in [1.807, 2.05) is 0 Å². The maximum absolute atomic E-state index is 3.61. The molecule has 0 N–H and O–H groups in total. The normalized spacial score (nSPS) is 27.9. The van der Waals surface area contributed by atoms with Crippen molar-refractivity contribution in [3.05, 3.63) is 0 Å². The average molecular weight is 265 g/mol. The van der Waals surface area contributed by atoms with E-state index in [-0.39, 0.29) is 0 Å². The van der Waals surface area contributed by atoms with Crippen LogP contribution in [0.25, 0.3) is 0 Å². The molecule has 0 bridgehead atoms. The lowest BCUT2D eigenvalue weighted by atomic mass is 9.78. The molecule has 13 heavy (non-hydrogen) atoms. The van der Waals surface area contributed by atoms with E-state index in [0.717, 1.165) is 11.2 Å². The minimum absolute atomic E-state index is 0.465. The van der Waals surface area contributed by atoms with Crippen molar-refractivity contribution < 1.29 is 0 Å². The maximum Gasteiger partial charge on any atom is 0.0132 e. The summed E-state index contributed by atoms with van der Waals surface area (Å²) in [5.41, 5.74) is 0.465. The second-order valence-electron chi connectivity index (χ2n) is 5.44. The molecule has 1 aliphatic heterocycles. The Balaban J connectivity index is 2.54. The third-order valence-corrected chi connectivity index (χ3v) is 6.12. The summed E-state index contributed by atoms with van der Waals surface area (Å²) in [6.45, 7) is 9.53. The second-order valence-corrected chi connectivity index (χ2v) is 7.75. The fraction of sp³-hybridized carbons (Fsp3) is 1.00. The van der Waals surface area contributed by atoms with E-state index in [9.17, 15) is 0 Å². The van der Waals surface area contributed by atoms with Crippen LogP contribution in [0.4, 0.5) is 0 Å². The fourth-order valence-electron chi connectivity index (χ4n) is 2.00. The molecule has 1 heterocycles. The first kappa shape index (κ1) is 11.9. The minimum atomic E-state index is 0.465. The van der Waals surface area contributed by atoms with Gasteiger partial charge in [-0.3, -0.25) is 0 Å². The molecule has 0 spiro atoms. The van der Waals surface area contributed by atoms with Gasteiger partial charge < -0.3 is 0 Å². The van der Waals surface area contributed by atoms with Gasteiger partial charge in [-0.1, -0.05) is 43.6 Å². The van der Waals surface area contributed by atoms with Gasteiger partial charge in [-0.05, 0) is 29.9 Å². The third kappa shape index (κ3) is 3.16. The number of rotatable bonds is 3. The minimum Gasteiger partial charge on any atom is -0.155 e. The molecule has 2 heteroatoms. The molecule has 1 fully saturated rings. The smallest absolute Gasteiger partial charge is 0.0132 e. The van der Waals surface area contributed by atoms with Gasteiger partial charge in [0.15, 0.2) is 0 Å². The number of hydrogen-bond acceptors (Lipinski definition) is 1. The van der Waals surface area contributed by atoms with Crippen LogP contribution in [-0.2, 0) is 0 Å². The zero-order chi connectivity index (χ0) is 10.1. The summed E-state index contributed by atoms with van der Waals surface area (Å²) in [5, 5.41) is 1.12. The molecular formula is C11H21BrS. The highest BCUT2D eigenvalue weighted by molar-refractivity contribution is 9.09. The fourth-order valence-corrected chi connectivity index (χ4v) is 3.59. The monoisotopic (exact) mass is 264 g/mol. The van der Waals surface area contributed by atoms with E-state index in [4.69, 9.17) is 0 Å². The predicted octanol–water partition coefficient (Wildman–Crippen LogP) is 4.33. The molecule has 0 radical (unpaired) electrons. The Bertz CT molecular complexity index is 175. The number of hydrogen-bond donors (Lipinski definition) is 0. The SMILES string of the molecule is CC(C)(CBr)CC1CCSC1(C)C. The van der Waals surface area contributed by atoms with Gasteiger partial charge in [-0.2, -0.15) is 11.8 Å². The second kappa shape index (κ2) is 4.14. The van der Waals surface area contributed by atoms with Crippen molar-refractivity contribution in [2.75, 3.05) is 11.1 Å². The Morgan fingerprint density at radius 2 is 2.08 bits per heavy atom. The molecule has 0 aliphatic carbocycles. The molecule has 1 rings (SSSR count). The molecule has 0 aromatic rings. The number of alkyl halides is 1. The van der Waals surface area contributed by atoms with Gasteiger partial charge in [0.25, 0.3) is 0 Å². The lowest BCUT2D eigenvalue weighted by Crippen LogP contribution is -2.28. The Morgan fingerprint density at radius 3 is 2.46 bits per heavy atom. The summed E-state index contributed by atoms with van der Waals surface area (Å²) >= 11 is 5.75. The average Bonchev–Trinajstić information content (AvgIpc) is 2.31. The van der Waals surface area contributed by atoms with Gasteiger partial charge in [0.1, 0.15) is 0 Å². The van der Waals surface area contributed by atoms with Crippen molar-refractivity contribution in [1.29, 1.82) is 0 Å². The van der Waals surface area contributed by atoms with E-state index in [0.29, 0.717) is 10.2 Å². The van der Waals surface area contributed by atoms with Crippen LogP contribution >= 0.6 is 27.7 Å². The molecule has 1 atom stereocenters. The van der Waals surface area contributed by atoms with Crippen LogP contribution < -0.4 is 0 Å². The standard InChI is InChI=1S/C11H21BrS/c1-10(2,8-12)7-9-5-6-13-11(9,3)4/h9H,5-8H2,1-4H3. The zero-order valence-corrected chi connectivity index (χ0v) is 11.6. The maximum atomic E-state index is 3.61. The van der Waals surface area contributed by atoms with Gasteiger partial charge in [-0.25, -0.2) is 0 Å². The van der Waals surface area contributed by atoms with Gasteiger partial charge in [0.2, 0.25) is 0 Å². The van der Waals surface area contributed by atoms with Crippen LogP contribution in [0.15, 0.2) is 0 Å². The van der Waals surface area contributed by atoms with Gasteiger partial charge in [-0.15, -0.1) is 0 Å². The van der Waals surface area contributed by atoms with Crippen molar-refractivity contribution in [3.63, 3.8) is 0 Å². The molecule has 1 unspecified atom stereocenters. The van der Waals surface area contributed by atoms with E-state index in [2.05, 4.69) is 55.4 Å². The van der Waals surface area contributed by atoms with E-state index < -0.39 is 0 Å². The topological polar surface area (TPSA) is 0 Å². The lowest BCUT2D eigenvalue weighted by Gasteiger charge is -2.33. The highest BCUT2D eigenvalue weighted by Gasteiger charge is 2.37. The summed E-state index contributed by atoms with van der Waals surface area (Å²) in [6.07, 6.45) is 2.77.